The van der Waals surface area contributed by atoms with Gasteiger partial charge in [0.15, 0.2) is 0 Å². The average molecular weight is 391 g/mol. The van der Waals surface area contributed by atoms with Crippen molar-refractivity contribution in [2.75, 3.05) is 26.5 Å². The number of hydrogen-bond acceptors (Lipinski definition) is 4. The van der Waals surface area contributed by atoms with Crippen molar-refractivity contribution in [2.24, 2.45) is 0 Å². The van der Waals surface area contributed by atoms with E-state index in [1.807, 2.05) is 24.3 Å². The van der Waals surface area contributed by atoms with E-state index in [1.165, 1.54) is 33.3 Å². The summed E-state index contributed by atoms with van der Waals surface area (Å²) in [5, 5.41) is 2.89. The third kappa shape index (κ3) is 4.48. The number of benzene rings is 2. The van der Waals surface area contributed by atoms with Gasteiger partial charge in [0, 0.05) is 25.3 Å². The van der Waals surface area contributed by atoms with Crippen LogP contribution in [0.3, 0.4) is 0 Å². The highest BCUT2D eigenvalue weighted by Crippen LogP contribution is 2.31. The molecule has 2 rings (SSSR count). The van der Waals surface area contributed by atoms with E-state index >= 15 is 0 Å². The normalized spacial score (nSPS) is 12.1. The first kappa shape index (κ1) is 20.9. The predicted octanol–water partition coefficient (Wildman–Crippen LogP) is 3.50. The fourth-order valence-electron chi connectivity index (χ4n) is 2.66. The van der Waals surface area contributed by atoms with Crippen molar-refractivity contribution in [3.8, 4) is 5.75 Å². The van der Waals surface area contributed by atoms with Crippen LogP contribution in [0.25, 0.3) is 0 Å². The van der Waals surface area contributed by atoms with Crippen molar-refractivity contribution in [2.45, 2.75) is 31.1 Å². The Kier molecular flexibility index (Phi) is 5.97. The summed E-state index contributed by atoms with van der Waals surface area (Å²) in [5.41, 5.74) is 1.78. The highest BCUT2D eigenvalue weighted by molar-refractivity contribution is 7.89. The summed E-state index contributed by atoms with van der Waals surface area (Å²) in [6, 6.07) is 11.9. The second kappa shape index (κ2) is 7.70. The second-order valence-corrected chi connectivity index (χ2v) is 9.52. The molecule has 2 aromatic carbocycles. The minimum atomic E-state index is -3.75. The summed E-state index contributed by atoms with van der Waals surface area (Å²) in [4.78, 5) is 12.7. The average Bonchev–Trinajstić information content (AvgIpc) is 2.60. The van der Waals surface area contributed by atoms with Gasteiger partial charge in [-0.15, -0.1) is 0 Å². The molecule has 0 saturated heterocycles. The molecule has 1 N–H and O–H groups in total. The largest absolute Gasteiger partial charge is 0.495 e. The number of nitrogens with zero attached hydrogens (tertiary/aromatic N) is 1. The zero-order valence-corrected chi connectivity index (χ0v) is 17.3. The number of para-hydroxylation sites is 1. The van der Waals surface area contributed by atoms with Gasteiger partial charge in [-0.2, -0.15) is 0 Å². The molecule has 0 radical (unpaired) electrons. The molecule has 7 heteroatoms. The van der Waals surface area contributed by atoms with E-state index < -0.39 is 10.0 Å². The summed E-state index contributed by atoms with van der Waals surface area (Å²) in [6.45, 7) is 6.19. The Bertz CT molecular complexity index is 945. The van der Waals surface area contributed by atoms with Gasteiger partial charge in [-0.3, -0.25) is 4.79 Å². The van der Waals surface area contributed by atoms with Gasteiger partial charge in [0.05, 0.1) is 7.11 Å². The van der Waals surface area contributed by atoms with Crippen LogP contribution in [0.5, 0.6) is 5.75 Å². The van der Waals surface area contributed by atoms with Gasteiger partial charge < -0.3 is 10.1 Å². The molecule has 27 heavy (non-hydrogen) atoms. The van der Waals surface area contributed by atoms with E-state index in [2.05, 4.69) is 26.1 Å². The van der Waals surface area contributed by atoms with Gasteiger partial charge in [-0.25, -0.2) is 12.7 Å². The molecule has 0 fully saturated rings. The lowest BCUT2D eigenvalue weighted by Gasteiger charge is -2.23. The van der Waals surface area contributed by atoms with E-state index in [4.69, 9.17) is 4.74 Å². The van der Waals surface area contributed by atoms with Gasteiger partial charge in [-0.05, 0) is 35.2 Å². The summed E-state index contributed by atoms with van der Waals surface area (Å²) in [5.74, 6) is -0.195. The Morgan fingerprint density at radius 3 is 2.26 bits per heavy atom. The highest BCUT2D eigenvalue weighted by Gasteiger charge is 2.24. The molecule has 0 atom stereocenters. The first-order valence-corrected chi connectivity index (χ1v) is 9.94. The standard InChI is InChI=1S/C20H26N2O4S/c1-20(2,3)15-9-7-8-10-16(15)21-19(23)14-11-12-17(26-6)18(13-14)27(24,25)22(4)5/h7-13H,1-6H3,(H,21,23). The highest BCUT2D eigenvalue weighted by atomic mass is 32.2. The lowest BCUT2D eigenvalue weighted by Crippen LogP contribution is -2.24. The Morgan fingerprint density at radius 1 is 1.07 bits per heavy atom. The van der Waals surface area contributed by atoms with Gasteiger partial charge in [0.2, 0.25) is 10.0 Å². The number of amides is 1. The van der Waals surface area contributed by atoms with E-state index in [9.17, 15) is 13.2 Å². The van der Waals surface area contributed by atoms with Crippen LogP contribution >= 0.6 is 0 Å². The molecule has 0 unspecified atom stereocenters. The first-order chi connectivity index (χ1) is 12.5. The molecule has 1 amide bonds. The van der Waals surface area contributed by atoms with Crippen LogP contribution in [0.15, 0.2) is 47.4 Å². The van der Waals surface area contributed by atoms with Gasteiger partial charge >= 0.3 is 0 Å². The molecule has 0 saturated carbocycles. The van der Waals surface area contributed by atoms with E-state index in [0.29, 0.717) is 5.69 Å². The van der Waals surface area contributed by atoms with Gasteiger partial charge in [-0.1, -0.05) is 39.0 Å². The monoisotopic (exact) mass is 390 g/mol. The molecule has 0 spiro atoms. The number of rotatable bonds is 5. The number of hydrogen-bond donors (Lipinski definition) is 1. The van der Waals surface area contributed by atoms with E-state index in [1.54, 1.807) is 6.07 Å². The zero-order valence-electron chi connectivity index (χ0n) is 16.5. The van der Waals surface area contributed by atoms with Crippen LogP contribution in [-0.4, -0.2) is 39.8 Å². The second-order valence-electron chi connectivity index (χ2n) is 7.40. The van der Waals surface area contributed by atoms with Crippen molar-refractivity contribution in [3.63, 3.8) is 0 Å². The van der Waals surface area contributed by atoms with E-state index in [0.717, 1.165) is 9.87 Å². The molecule has 0 aliphatic carbocycles. The fraction of sp³-hybridized carbons (Fsp3) is 0.350. The summed E-state index contributed by atoms with van der Waals surface area (Å²) in [7, 11) is 0.504. The molecule has 0 aromatic heterocycles. The smallest absolute Gasteiger partial charge is 0.255 e. The lowest BCUT2D eigenvalue weighted by atomic mass is 9.86. The molecule has 0 aliphatic rings. The number of carbonyl (C=O) groups is 1. The quantitative estimate of drug-likeness (QED) is 0.848. The Balaban J connectivity index is 2.45. The van der Waals surface area contributed by atoms with Crippen molar-refractivity contribution < 1.29 is 17.9 Å². The Hall–Kier alpha value is -2.38. The van der Waals surface area contributed by atoms with Crippen molar-refractivity contribution in [1.82, 2.24) is 4.31 Å². The SMILES string of the molecule is COc1ccc(C(=O)Nc2ccccc2C(C)(C)C)cc1S(=O)(=O)N(C)C. The number of anilines is 1. The summed E-state index contributed by atoms with van der Waals surface area (Å²) < 4.78 is 31.3. The number of methoxy groups -OCH3 is 1. The van der Waals surface area contributed by atoms with Crippen LogP contribution in [0.4, 0.5) is 5.69 Å². The molecule has 6 nitrogen and oxygen atoms in total. The number of sulfonamides is 1. The Labute approximate surface area is 161 Å². The zero-order chi connectivity index (χ0) is 20.4. The lowest BCUT2D eigenvalue weighted by molar-refractivity contribution is 0.102. The molecule has 0 aliphatic heterocycles. The van der Waals surface area contributed by atoms with Crippen molar-refractivity contribution in [1.29, 1.82) is 0 Å². The summed E-state index contributed by atoms with van der Waals surface area (Å²) in [6.07, 6.45) is 0. The van der Waals surface area contributed by atoms with Crippen molar-refractivity contribution >= 4 is 21.6 Å². The third-order valence-corrected chi connectivity index (χ3v) is 6.00. The van der Waals surface area contributed by atoms with Crippen LogP contribution in [0, 0.1) is 0 Å². The maximum absolute atomic E-state index is 12.8. The summed E-state index contributed by atoms with van der Waals surface area (Å²) >= 11 is 0. The molecule has 0 heterocycles. The maximum atomic E-state index is 12.8. The van der Waals surface area contributed by atoms with E-state index in [-0.39, 0.29) is 27.5 Å². The molecule has 0 bridgehead atoms. The number of nitrogens with one attached hydrogen (secondary N) is 1. The van der Waals surface area contributed by atoms with Crippen LogP contribution in [0.2, 0.25) is 0 Å². The topological polar surface area (TPSA) is 75.7 Å². The molecular weight excluding hydrogens is 364 g/mol. The van der Waals surface area contributed by atoms with Crippen LogP contribution in [0.1, 0.15) is 36.7 Å². The van der Waals surface area contributed by atoms with Gasteiger partial charge in [0.1, 0.15) is 10.6 Å². The maximum Gasteiger partial charge on any atom is 0.255 e. The molecular formula is C20H26N2O4S. The minimum absolute atomic E-state index is 0.0493. The van der Waals surface area contributed by atoms with Crippen LogP contribution < -0.4 is 10.1 Å². The minimum Gasteiger partial charge on any atom is -0.495 e. The molecule has 2 aromatic rings. The molecule has 146 valence electrons. The van der Waals surface area contributed by atoms with Gasteiger partial charge in [0.25, 0.3) is 5.91 Å². The number of carbonyl (C=O) groups excluding carboxylic acids is 1. The third-order valence-electron chi connectivity index (χ3n) is 4.17. The first-order valence-electron chi connectivity index (χ1n) is 8.50. The van der Waals surface area contributed by atoms with Crippen molar-refractivity contribution in [3.05, 3.63) is 53.6 Å². The Morgan fingerprint density at radius 2 is 1.70 bits per heavy atom. The fourth-order valence-corrected chi connectivity index (χ4v) is 3.73. The predicted molar refractivity (Wildman–Crippen MR) is 107 cm³/mol. The number of ether oxygens (including phenoxy) is 1. The van der Waals surface area contributed by atoms with Crippen LogP contribution in [-0.2, 0) is 15.4 Å².